The minimum Gasteiger partial charge on any atom is -0.355 e. The van der Waals surface area contributed by atoms with Gasteiger partial charge in [-0.1, -0.05) is 79.7 Å². The van der Waals surface area contributed by atoms with Crippen LogP contribution in [0.4, 0.5) is 0 Å². The van der Waals surface area contributed by atoms with Crippen molar-refractivity contribution in [2.75, 3.05) is 12.3 Å². The molecule has 0 unspecified atom stereocenters. The summed E-state index contributed by atoms with van der Waals surface area (Å²) in [5.41, 5.74) is 3.31. The highest BCUT2D eigenvalue weighted by molar-refractivity contribution is 7.99. The maximum absolute atomic E-state index is 12.4. The third-order valence-corrected chi connectivity index (χ3v) is 5.89. The van der Waals surface area contributed by atoms with Gasteiger partial charge in [0.1, 0.15) is 0 Å². The second-order valence-corrected chi connectivity index (χ2v) is 8.68. The van der Waals surface area contributed by atoms with Crippen molar-refractivity contribution in [2.24, 2.45) is 0 Å². The van der Waals surface area contributed by atoms with Crippen LogP contribution in [-0.4, -0.2) is 33.0 Å². The fraction of sp³-hybridized carbons (Fsp3) is 0.348. The Hall–Kier alpha value is -2.60. The topological polar surface area (TPSA) is 59.8 Å². The van der Waals surface area contributed by atoms with Crippen molar-refractivity contribution in [1.29, 1.82) is 0 Å². The molecule has 0 fully saturated rings. The number of nitrogens with zero attached hydrogens (tertiary/aromatic N) is 3. The molecule has 6 heteroatoms. The number of thioether (sulfide) groups is 1. The Bertz CT molecular complexity index is 966. The van der Waals surface area contributed by atoms with Gasteiger partial charge < -0.3 is 9.88 Å². The fourth-order valence-electron chi connectivity index (χ4n) is 3.17. The van der Waals surface area contributed by atoms with E-state index in [1.54, 1.807) is 0 Å². The monoisotopic (exact) mass is 408 g/mol. The number of hydrogen-bond donors (Lipinski definition) is 1. The average molecular weight is 409 g/mol. The number of aromatic nitrogens is 3. The predicted octanol–water partition coefficient (Wildman–Crippen LogP) is 4.46. The Kier molecular flexibility index (Phi) is 6.75. The van der Waals surface area contributed by atoms with Gasteiger partial charge in [-0.3, -0.25) is 4.79 Å². The molecule has 0 saturated heterocycles. The molecule has 3 rings (SSSR count). The molecular weight excluding hydrogens is 380 g/mol. The second-order valence-electron chi connectivity index (χ2n) is 7.74. The lowest BCUT2D eigenvalue weighted by Gasteiger charge is -2.25. The smallest absolute Gasteiger partial charge is 0.230 e. The van der Waals surface area contributed by atoms with Gasteiger partial charge in [0.05, 0.1) is 5.75 Å². The van der Waals surface area contributed by atoms with Crippen molar-refractivity contribution in [2.45, 2.75) is 44.8 Å². The van der Waals surface area contributed by atoms with Crippen molar-refractivity contribution in [3.8, 4) is 11.4 Å². The summed E-state index contributed by atoms with van der Waals surface area (Å²) in [6.07, 6.45) is 0. The maximum atomic E-state index is 12.4. The van der Waals surface area contributed by atoms with Gasteiger partial charge in [-0.25, -0.2) is 0 Å². The van der Waals surface area contributed by atoms with Gasteiger partial charge >= 0.3 is 0 Å². The highest BCUT2D eigenvalue weighted by Crippen LogP contribution is 2.25. The molecule has 3 aromatic rings. The van der Waals surface area contributed by atoms with E-state index in [2.05, 4.69) is 72.0 Å². The Morgan fingerprint density at radius 1 is 1.10 bits per heavy atom. The van der Waals surface area contributed by atoms with E-state index in [1.165, 1.54) is 22.9 Å². The first-order valence-electron chi connectivity index (χ1n) is 9.86. The van der Waals surface area contributed by atoms with Gasteiger partial charge in [-0.2, -0.15) is 0 Å². The number of aryl methyl sites for hydroxylation is 1. The third-order valence-electron chi connectivity index (χ3n) is 4.92. The summed E-state index contributed by atoms with van der Waals surface area (Å²) in [6.45, 7) is 9.74. The quantitative estimate of drug-likeness (QED) is 0.559. The Morgan fingerprint density at radius 3 is 2.55 bits per heavy atom. The minimum atomic E-state index is -0.122. The van der Waals surface area contributed by atoms with E-state index >= 15 is 0 Å². The molecule has 1 aromatic heterocycles. The summed E-state index contributed by atoms with van der Waals surface area (Å²) in [5, 5.41) is 12.5. The van der Waals surface area contributed by atoms with Crippen molar-refractivity contribution >= 4 is 17.7 Å². The normalized spacial score (nSPS) is 11.4. The molecule has 1 N–H and O–H groups in total. The second kappa shape index (κ2) is 9.27. The van der Waals surface area contributed by atoms with Crippen molar-refractivity contribution in [3.63, 3.8) is 0 Å². The summed E-state index contributed by atoms with van der Waals surface area (Å²) < 4.78 is 2.06. The highest BCUT2D eigenvalue weighted by Gasteiger charge is 2.21. The number of carbonyl (C=O) groups is 1. The fourth-order valence-corrected chi connectivity index (χ4v) is 4.00. The molecule has 0 aliphatic heterocycles. The number of amides is 1. The van der Waals surface area contributed by atoms with E-state index in [0.29, 0.717) is 12.3 Å². The Balaban J connectivity index is 1.61. The van der Waals surface area contributed by atoms with E-state index < -0.39 is 0 Å². The van der Waals surface area contributed by atoms with Crippen LogP contribution in [0.1, 0.15) is 31.9 Å². The number of carbonyl (C=O) groups excluding carboxylic acids is 1. The number of benzene rings is 2. The molecule has 0 aliphatic carbocycles. The molecule has 0 radical (unpaired) electrons. The molecule has 0 saturated carbocycles. The number of hydrogen-bond acceptors (Lipinski definition) is 4. The zero-order valence-electron chi connectivity index (χ0n) is 17.5. The molecule has 1 heterocycles. The highest BCUT2D eigenvalue weighted by atomic mass is 32.2. The van der Waals surface area contributed by atoms with Gasteiger partial charge in [0, 0.05) is 24.1 Å². The minimum absolute atomic E-state index is 0.00163. The van der Waals surface area contributed by atoms with Gasteiger partial charge in [-0.05, 0) is 25.5 Å². The SMILES string of the molecule is CCn1c(SCC(=O)NCC(C)(C)c2ccccc2)nnc1-c1cccc(C)c1. The van der Waals surface area contributed by atoms with Crippen LogP contribution in [0.25, 0.3) is 11.4 Å². The standard InChI is InChI=1S/C23H28N4OS/c1-5-27-21(18-11-9-10-17(2)14-18)25-26-22(27)29-15-20(28)24-16-23(3,4)19-12-7-6-8-13-19/h6-14H,5,15-16H2,1-4H3,(H,24,28). The van der Waals surface area contributed by atoms with Gasteiger partial charge in [0.15, 0.2) is 11.0 Å². The molecule has 0 spiro atoms. The zero-order chi connectivity index (χ0) is 20.9. The maximum Gasteiger partial charge on any atom is 0.230 e. The van der Waals surface area contributed by atoms with Crippen LogP contribution in [0, 0.1) is 6.92 Å². The molecule has 1 amide bonds. The molecule has 5 nitrogen and oxygen atoms in total. The summed E-state index contributed by atoms with van der Waals surface area (Å²) in [5.74, 6) is 1.16. The first-order valence-corrected chi connectivity index (χ1v) is 10.8. The van der Waals surface area contributed by atoms with Crippen LogP contribution in [0.15, 0.2) is 59.8 Å². The van der Waals surface area contributed by atoms with Gasteiger partial charge in [0.2, 0.25) is 5.91 Å². The van der Waals surface area contributed by atoms with E-state index in [9.17, 15) is 4.79 Å². The summed E-state index contributed by atoms with van der Waals surface area (Å²) in [6, 6.07) is 18.5. The summed E-state index contributed by atoms with van der Waals surface area (Å²) in [4.78, 5) is 12.4. The van der Waals surface area contributed by atoms with Crippen LogP contribution in [-0.2, 0) is 16.8 Å². The summed E-state index contributed by atoms with van der Waals surface area (Å²) >= 11 is 1.42. The van der Waals surface area contributed by atoms with E-state index in [1.807, 2.05) is 30.3 Å². The largest absolute Gasteiger partial charge is 0.355 e. The Morgan fingerprint density at radius 2 is 1.86 bits per heavy atom. The van der Waals surface area contributed by atoms with Crippen LogP contribution in [0.5, 0.6) is 0 Å². The lowest BCUT2D eigenvalue weighted by atomic mass is 9.85. The summed E-state index contributed by atoms with van der Waals surface area (Å²) in [7, 11) is 0. The van der Waals surface area contributed by atoms with Crippen molar-refractivity contribution in [1.82, 2.24) is 20.1 Å². The van der Waals surface area contributed by atoms with E-state index in [-0.39, 0.29) is 11.3 Å². The molecule has 0 atom stereocenters. The molecular formula is C23H28N4OS. The number of rotatable bonds is 8. The molecule has 29 heavy (non-hydrogen) atoms. The van der Waals surface area contributed by atoms with Gasteiger partial charge in [0.25, 0.3) is 0 Å². The lowest BCUT2D eigenvalue weighted by Crippen LogP contribution is -2.37. The third kappa shape index (κ3) is 5.26. The van der Waals surface area contributed by atoms with E-state index in [0.717, 1.165) is 23.1 Å². The van der Waals surface area contributed by atoms with Crippen LogP contribution < -0.4 is 5.32 Å². The first-order chi connectivity index (χ1) is 13.9. The molecule has 2 aromatic carbocycles. The lowest BCUT2D eigenvalue weighted by molar-refractivity contribution is -0.118. The zero-order valence-corrected chi connectivity index (χ0v) is 18.3. The van der Waals surface area contributed by atoms with Crippen LogP contribution in [0.2, 0.25) is 0 Å². The van der Waals surface area contributed by atoms with Crippen LogP contribution in [0.3, 0.4) is 0 Å². The van der Waals surface area contributed by atoms with Crippen molar-refractivity contribution < 1.29 is 4.79 Å². The van der Waals surface area contributed by atoms with Crippen molar-refractivity contribution in [3.05, 3.63) is 65.7 Å². The Labute approximate surface area is 176 Å². The number of nitrogens with one attached hydrogen (secondary N) is 1. The predicted molar refractivity (Wildman–Crippen MR) is 119 cm³/mol. The van der Waals surface area contributed by atoms with Gasteiger partial charge in [-0.15, -0.1) is 10.2 Å². The molecule has 152 valence electrons. The van der Waals surface area contributed by atoms with E-state index in [4.69, 9.17) is 0 Å². The molecule has 0 bridgehead atoms. The average Bonchev–Trinajstić information content (AvgIpc) is 3.14. The molecule has 0 aliphatic rings. The first kappa shape index (κ1) is 21.1. The van der Waals surface area contributed by atoms with Crippen LogP contribution >= 0.6 is 11.8 Å².